The average Bonchev–Trinajstić information content (AvgIpc) is 2.56. The van der Waals surface area contributed by atoms with E-state index in [0.29, 0.717) is 21.5 Å². The number of carbonyl (C=O) groups excluding carboxylic acids is 1. The molecule has 2 aromatic carbocycles. The summed E-state index contributed by atoms with van der Waals surface area (Å²) in [6, 6.07) is 13.1. The third-order valence-electron chi connectivity index (χ3n) is 3.65. The smallest absolute Gasteiger partial charge is 0.221 e. The van der Waals surface area contributed by atoms with Crippen LogP contribution in [0.2, 0.25) is 10.0 Å². The van der Waals surface area contributed by atoms with Gasteiger partial charge >= 0.3 is 0 Å². The lowest BCUT2D eigenvalue weighted by Crippen LogP contribution is -2.07. The summed E-state index contributed by atoms with van der Waals surface area (Å²) in [7, 11) is 0. The van der Waals surface area contributed by atoms with E-state index < -0.39 is 0 Å². The Balaban J connectivity index is 1.89. The van der Waals surface area contributed by atoms with Crippen LogP contribution in [0, 0.1) is 6.92 Å². The van der Waals surface area contributed by atoms with Gasteiger partial charge in [-0.05, 0) is 31.2 Å². The van der Waals surface area contributed by atoms with Gasteiger partial charge in [0.2, 0.25) is 5.91 Å². The van der Waals surface area contributed by atoms with Crippen LogP contribution in [0.3, 0.4) is 0 Å². The molecule has 3 aromatic rings. The van der Waals surface area contributed by atoms with Crippen molar-refractivity contribution < 1.29 is 9.53 Å². The maximum Gasteiger partial charge on any atom is 0.221 e. The molecule has 0 bridgehead atoms. The number of fused-ring (bicyclic) bond motifs is 1. The number of hydrogen-bond acceptors (Lipinski definition) is 3. The Morgan fingerprint density at radius 3 is 2.72 bits per heavy atom. The van der Waals surface area contributed by atoms with Crippen LogP contribution in [-0.2, 0) is 11.4 Å². The lowest BCUT2D eigenvalue weighted by molar-refractivity contribution is -0.114. The molecule has 0 aliphatic heterocycles. The first kappa shape index (κ1) is 17.5. The Morgan fingerprint density at radius 1 is 1.16 bits per heavy atom. The van der Waals surface area contributed by atoms with Gasteiger partial charge in [0.05, 0.1) is 10.7 Å². The van der Waals surface area contributed by atoms with Crippen LogP contribution in [0.1, 0.15) is 18.2 Å². The van der Waals surface area contributed by atoms with Gasteiger partial charge in [-0.3, -0.25) is 4.79 Å². The third-order valence-corrected chi connectivity index (χ3v) is 4.32. The second-order valence-corrected chi connectivity index (χ2v) is 6.49. The van der Waals surface area contributed by atoms with Crippen LogP contribution >= 0.6 is 23.2 Å². The molecule has 0 radical (unpaired) electrons. The number of amides is 1. The summed E-state index contributed by atoms with van der Waals surface area (Å²) in [5, 5.41) is 4.54. The summed E-state index contributed by atoms with van der Waals surface area (Å²) in [6.45, 7) is 3.59. The Labute approximate surface area is 155 Å². The van der Waals surface area contributed by atoms with E-state index in [-0.39, 0.29) is 12.5 Å². The fourth-order valence-electron chi connectivity index (χ4n) is 2.48. The van der Waals surface area contributed by atoms with Crippen molar-refractivity contribution in [2.75, 3.05) is 5.32 Å². The molecule has 0 atom stereocenters. The second-order valence-electron chi connectivity index (χ2n) is 5.67. The Hall–Kier alpha value is -2.30. The van der Waals surface area contributed by atoms with Crippen molar-refractivity contribution >= 4 is 45.7 Å². The van der Waals surface area contributed by atoms with Gasteiger partial charge in [0.25, 0.3) is 0 Å². The van der Waals surface area contributed by atoms with E-state index in [1.54, 1.807) is 12.1 Å². The molecule has 1 N–H and O–H groups in total. The number of hydrogen-bond donors (Lipinski definition) is 1. The molecule has 1 aromatic heterocycles. The number of aromatic nitrogens is 1. The highest BCUT2D eigenvalue weighted by Gasteiger charge is 2.11. The number of ether oxygens (including phenoxy) is 1. The van der Waals surface area contributed by atoms with Gasteiger partial charge in [-0.2, -0.15) is 0 Å². The standard InChI is InChI=1S/C19H16Cl2N2O2/c1-11-6-7-13-4-3-5-18(19(13)22-11)25-10-14-8-17(23-12(2)24)16(21)9-15(14)20/h3-9H,10H2,1-2H3,(H,23,24). The maximum atomic E-state index is 11.3. The SMILES string of the molecule is CC(=O)Nc1cc(COc2cccc3ccc(C)nc23)c(Cl)cc1Cl. The van der Waals surface area contributed by atoms with Crippen molar-refractivity contribution in [3.05, 3.63) is 63.8 Å². The molecule has 0 aliphatic carbocycles. The van der Waals surface area contributed by atoms with Crippen LogP contribution in [0.5, 0.6) is 5.75 Å². The number of para-hydroxylation sites is 1. The highest BCUT2D eigenvalue weighted by atomic mass is 35.5. The largest absolute Gasteiger partial charge is 0.487 e. The summed E-state index contributed by atoms with van der Waals surface area (Å²) in [5.74, 6) is 0.470. The van der Waals surface area contributed by atoms with Crippen LogP contribution in [0.25, 0.3) is 10.9 Å². The molecule has 0 spiro atoms. The zero-order valence-electron chi connectivity index (χ0n) is 13.8. The lowest BCUT2D eigenvalue weighted by Gasteiger charge is -2.13. The molecule has 4 nitrogen and oxygen atoms in total. The first-order valence-electron chi connectivity index (χ1n) is 7.69. The van der Waals surface area contributed by atoms with E-state index >= 15 is 0 Å². The highest BCUT2D eigenvalue weighted by Crippen LogP contribution is 2.31. The van der Waals surface area contributed by atoms with E-state index in [9.17, 15) is 4.79 Å². The first-order valence-corrected chi connectivity index (χ1v) is 8.44. The van der Waals surface area contributed by atoms with E-state index in [2.05, 4.69) is 10.3 Å². The van der Waals surface area contributed by atoms with Gasteiger partial charge in [-0.1, -0.05) is 41.4 Å². The topological polar surface area (TPSA) is 51.2 Å². The maximum absolute atomic E-state index is 11.3. The Kier molecular flexibility index (Phi) is 5.11. The number of nitrogens with zero attached hydrogens (tertiary/aromatic N) is 1. The molecular formula is C19H16Cl2N2O2. The van der Waals surface area contributed by atoms with Gasteiger partial charge < -0.3 is 10.1 Å². The van der Waals surface area contributed by atoms with Crippen LogP contribution in [-0.4, -0.2) is 10.9 Å². The number of halogens is 2. The van der Waals surface area contributed by atoms with E-state index in [0.717, 1.165) is 22.2 Å². The van der Waals surface area contributed by atoms with Crippen molar-refractivity contribution in [2.45, 2.75) is 20.5 Å². The summed E-state index contributed by atoms with van der Waals surface area (Å²) in [5.41, 5.74) is 2.94. The molecule has 3 rings (SSSR count). The van der Waals surface area contributed by atoms with Crippen molar-refractivity contribution in [3.8, 4) is 5.75 Å². The molecule has 128 valence electrons. The molecule has 0 unspecified atom stereocenters. The fraction of sp³-hybridized carbons (Fsp3) is 0.158. The minimum Gasteiger partial charge on any atom is -0.487 e. The van der Waals surface area contributed by atoms with Gasteiger partial charge in [0.1, 0.15) is 17.9 Å². The van der Waals surface area contributed by atoms with Crippen molar-refractivity contribution in [3.63, 3.8) is 0 Å². The summed E-state index contributed by atoms with van der Waals surface area (Å²) in [6.07, 6.45) is 0. The summed E-state index contributed by atoms with van der Waals surface area (Å²) >= 11 is 12.4. The summed E-state index contributed by atoms with van der Waals surface area (Å²) < 4.78 is 5.94. The molecule has 0 saturated carbocycles. The first-order chi connectivity index (χ1) is 11.9. The van der Waals surface area contributed by atoms with Crippen molar-refractivity contribution in [1.29, 1.82) is 0 Å². The zero-order valence-corrected chi connectivity index (χ0v) is 15.3. The van der Waals surface area contributed by atoms with Crippen molar-refractivity contribution in [1.82, 2.24) is 4.98 Å². The number of anilines is 1. The molecule has 6 heteroatoms. The van der Waals surface area contributed by atoms with Crippen LogP contribution in [0.15, 0.2) is 42.5 Å². The highest BCUT2D eigenvalue weighted by molar-refractivity contribution is 6.37. The third kappa shape index (κ3) is 4.03. The predicted octanol–water partition coefficient (Wildman–Crippen LogP) is 5.39. The average molecular weight is 375 g/mol. The Bertz CT molecular complexity index is 958. The molecule has 0 aliphatic rings. The molecule has 1 heterocycles. The number of rotatable bonds is 4. The lowest BCUT2D eigenvalue weighted by atomic mass is 10.2. The molecule has 0 fully saturated rings. The molecule has 0 saturated heterocycles. The van der Waals surface area contributed by atoms with Gasteiger partial charge in [-0.15, -0.1) is 0 Å². The number of nitrogens with one attached hydrogen (secondary N) is 1. The monoisotopic (exact) mass is 374 g/mol. The van der Waals surface area contributed by atoms with E-state index in [1.807, 2.05) is 37.3 Å². The zero-order chi connectivity index (χ0) is 18.0. The number of benzene rings is 2. The van der Waals surface area contributed by atoms with Gasteiger partial charge in [0, 0.05) is 28.6 Å². The Morgan fingerprint density at radius 2 is 1.96 bits per heavy atom. The van der Waals surface area contributed by atoms with Gasteiger partial charge in [0.15, 0.2) is 0 Å². The van der Waals surface area contributed by atoms with Crippen LogP contribution < -0.4 is 10.1 Å². The quantitative estimate of drug-likeness (QED) is 0.665. The second kappa shape index (κ2) is 7.30. The van der Waals surface area contributed by atoms with E-state index in [1.165, 1.54) is 6.92 Å². The molecule has 25 heavy (non-hydrogen) atoms. The fourth-order valence-corrected chi connectivity index (χ4v) is 2.96. The predicted molar refractivity (Wildman–Crippen MR) is 102 cm³/mol. The number of carbonyl (C=O) groups is 1. The summed E-state index contributed by atoms with van der Waals surface area (Å²) in [4.78, 5) is 15.8. The van der Waals surface area contributed by atoms with E-state index in [4.69, 9.17) is 27.9 Å². The number of aryl methyl sites for hydroxylation is 1. The number of pyridine rings is 1. The normalized spacial score (nSPS) is 10.7. The van der Waals surface area contributed by atoms with Gasteiger partial charge in [-0.25, -0.2) is 4.98 Å². The minimum atomic E-state index is -0.204. The molecular weight excluding hydrogens is 359 g/mol. The molecule has 1 amide bonds. The van der Waals surface area contributed by atoms with Crippen molar-refractivity contribution in [2.24, 2.45) is 0 Å². The minimum absolute atomic E-state index is 0.204. The van der Waals surface area contributed by atoms with Crippen LogP contribution in [0.4, 0.5) is 5.69 Å².